The van der Waals surface area contributed by atoms with Crippen LogP contribution in [0.4, 0.5) is 0 Å². The van der Waals surface area contributed by atoms with Crippen LogP contribution in [0.5, 0.6) is 0 Å². The molecule has 0 aromatic heterocycles. The summed E-state index contributed by atoms with van der Waals surface area (Å²) >= 11 is 0. The van der Waals surface area contributed by atoms with Gasteiger partial charge < -0.3 is 0 Å². The van der Waals surface area contributed by atoms with Crippen molar-refractivity contribution in [2.75, 3.05) is 0 Å². The van der Waals surface area contributed by atoms with Crippen molar-refractivity contribution in [3.8, 4) is 0 Å². The van der Waals surface area contributed by atoms with Gasteiger partial charge in [-0.25, -0.2) is 0 Å². The summed E-state index contributed by atoms with van der Waals surface area (Å²) in [6.45, 7) is 4.46. The fraction of sp³-hybridized carbons (Fsp3) is 0.765. The highest BCUT2D eigenvalue weighted by Gasteiger charge is 1.89. The minimum atomic E-state index is 1.09. The van der Waals surface area contributed by atoms with E-state index >= 15 is 0 Å². The van der Waals surface area contributed by atoms with Crippen LogP contribution in [0.3, 0.4) is 0 Å². The van der Waals surface area contributed by atoms with Gasteiger partial charge in [-0.1, -0.05) is 83.4 Å². The molecule has 0 aliphatic carbocycles. The minimum Gasteiger partial charge on any atom is -0.0845 e. The van der Waals surface area contributed by atoms with Crippen LogP contribution in [0, 0.1) is 6.08 Å². The number of rotatable bonds is 12. The molecular weight excluding hydrogens is 204 g/mol. The van der Waals surface area contributed by atoms with Gasteiger partial charge in [0.2, 0.25) is 0 Å². The van der Waals surface area contributed by atoms with E-state index in [1.165, 1.54) is 64.2 Å². The Balaban J connectivity index is 3.07. The molecule has 17 heavy (non-hydrogen) atoms. The minimum absolute atomic E-state index is 1.09. The van der Waals surface area contributed by atoms with E-state index < -0.39 is 0 Å². The predicted molar refractivity (Wildman–Crippen MR) is 79.1 cm³/mol. The van der Waals surface area contributed by atoms with Crippen LogP contribution in [-0.2, 0) is 0 Å². The molecule has 0 nitrogen and oxygen atoms in total. The Labute approximate surface area is 109 Å². The van der Waals surface area contributed by atoms with Gasteiger partial charge in [-0.15, -0.1) is 0 Å². The molecular formula is C17H31. The van der Waals surface area contributed by atoms with E-state index in [2.05, 4.69) is 38.2 Å². The van der Waals surface area contributed by atoms with Crippen LogP contribution in [0.25, 0.3) is 0 Å². The van der Waals surface area contributed by atoms with Gasteiger partial charge in [0.05, 0.1) is 0 Å². The van der Waals surface area contributed by atoms with Gasteiger partial charge in [-0.05, 0) is 25.3 Å². The monoisotopic (exact) mass is 235 g/mol. The Bertz CT molecular complexity index is 176. The average molecular weight is 235 g/mol. The fourth-order valence-electron chi connectivity index (χ4n) is 1.86. The van der Waals surface area contributed by atoms with Gasteiger partial charge in [0.1, 0.15) is 0 Å². The summed E-state index contributed by atoms with van der Waals surface area (Å²) in [7, 11) is 0. The van der Waals surface area contributed by atoms with E-state index in [1.807, 2.05) is 0 Å². The second-order valence-corrected chi connectivity index (χ2v) is 4.81. The SMILES string of the molecule is CCC/[C]=C\C=C\CCCCCCCCCC. The Morgan fingerprint density at radius 1 is 0.765 bits per heavy atom. The standard InChI is InChI=1S/C17H31/c1-3-5-7-9-11-13-15-17-16-14-12-10-8-6-4-2/h10,12,14H,3-7,9,11,13,15-17H2,1-2H3/b10-8?,14-12+. The van der Waals surface area contributed by atoms with Crippen LogP contribution in [0.1, 0.15) is 84.5 Å². The van der Waals surface area contributed by atoms with Gasteiger partial charge in [0.25, 0.3) is 0 Å². The molecule has 99 valence electrons. The zero-order chi connectivity index (χ0) is 12.6. The molecule has 0 spiro atoms. The molecule has 0 rings (SSSR count). The van der Waals surface area contributed by atoms with Crippen molar-refractivity contribution in [3.05, 3.63) is 24.3 Å². The molecule has 0 aliphatic heterocycles. The van der Waals surface area contributed by atoms with Crippen molar-refractivity contribution in [1.82, 2.24) is 0 Å². The summed E-state index contributed by atoms with van der Waals surface area (Å²) in [4.78, 5) is 0. The highest BCUT2D eigenvalue weighted by atomic mass is 14.0. The van der Waals surface area contributed by atoms with Crippen molar-refractivity contribution in [1.29, 1.82) is 0 Å². The summed E-state index contributed by atoms with van der Waals surface area (Å²) in [5, 5.41) is 0. The van der Waals surface area contributed by atoms with Crippen LogP contribution in [0.15, 0.2) is 18.2 Å². The Hall–Kier alpha value is -0.520. The van der Waals surface area contributed by atoms with Gasteiger partial charge >= 0.3 is 0 Å². The number of unbranched alkanes of at least 4 members (excludes halogenated alkanes) is 9. The lowest BCUT2D eigenvalue weighted by molar-refractivity contribution is 0.577. The van der Waals surface area contributed by atoms with Crippen LogP contribution >= 0.6 is 0 Å². The zero-order valence-corrected chi connectivity index (χ0v) is 12.0. The lowest BCUT2D eigenvalue weighted by Crippen LogP contribution is -1.79. The molecule has 0 bridgehead atoms. The maximum absolute atomic E-state index is 3.25. The van der Waals surface area contributed by atoms with Crippen LogP contribution < -0.4 is 0 Å². The van der Waals surface area contributed by atoms with Gasteiger partial charge in [-0.2, -0.15) is 0 Å². The topological polar surface area (TPSA) is 0 Å². The van der Waals surface area contributed by atoms with Crippen molar-refractivity contribution in [2.24, 2.45) is 0 Å². The van der Waals surface area contributed by atoms with Crippen molar-refractivity contribution < 1.29 is 0 Å². The van der Waals surface area contributed by atoms with E-state index in [1.54, 1.807) is 0 Å². The van der Waals surface area contributed by atoms with Gasteiger partial charge in [0.15, 0.2) is 0 Å². The highest BCUT2D eigenvalue weighted by Crippen LogP contribution is 2.09. The third-order valence-corrected chi connectivity index (χ3v) is 2.97. The molecule has 0 aromatic carbocycles. The summed E-state index contributed by atoms with van der Waals surface area (Å²) in [5.41, 5.74) is 0. The normalized spacial score (nSPS) is 11.9. The van der Waals surface area contributed by atoms with E-state index in [-0.39, 0.29) is 0 Å². The van der Waals surface area contributed by atoms with Crippen molar-refractivity contribution >= 4 is 0 Å². The lowest BCUT2D eigenvalue weighted by Gasteiger charge is -1.99. The highest BCUT2D eigenvalue weighted by molar-refractivity contribution is 4.98. The summed E-state index contributed by atoms with van der Waals surface area (Å²) < 4.78 is 0. The molecule has 0 saturated carbocycles. The molecule has 0 unspecified atom stereocenters. The molecule has 0 fully saturated rings. The molecule has 0 aliphatic rings. The van der Waals surface area contributed by atoms with Crippen LogP contribution in [-0.4, -0.2) is 0 Å². The Kier molecular flexibility index (Phi) is 15.0. The molecule has 0 atom stereocenters. The second kappa shape index (κ2) is 15.5. The zero-order valence-electron chi connectivity index (χ0n) is 12.0. The summed E-state index contributed by atoms with van der Waals surface area (Å²) in [5.74, 6) is 0. The number of hydrogen-bond acceptors (Lipinski definition) is 0. The molecule has 0 N–H and O–H groups in total. The first kappa shape index (κ1) is 16.5. The van der Waals surface area contributed by atoms with Crippen LogP contribution in [0.2, 0.25) is 0 Å². The molecule has 1 radical (unpaired) electrons. The maximum atomic E-state index is 3.25. The second-order valence-electron chi connectivity index (χ2n) is 4.81. The Morgan fingerprint density at radius 2 is 1.41 bits per heavy atom. The van der Waals surface area contributed by atoms with E-state index in [0.29, 0.717) is 0 Å². The maximum Gasteiger partial charge on any atom is -0.0279 e. The van der Waals surface area contributed by atoms with E-state index in [0.717, 1.165) is 6.42 Å². The molecule has 0 heterocycles. The first-order valence-corrected chi connectivity index (χ1v) is 7.63. The Morgan fingerprint density at radius 3 is 2.06 bits per heavy atom. The van der Waals surface area contributed by atoms with Gasteiger partial charge in [-0.3, -0.25) is 0 Å². The number of allylic oxidation sites excluding steroid dienone is 4. The fourth-order valence-corrected chi connectivity index (χ4v) is 1.86. The third-order valence-electron chi connectivity index (χ3n) is 2.97. The molecule has 0 heteroatoms. The number of hydrogen-bond donors (Lipinski definition) is 0. The third kappa shape index (κ3) is 15.5. The molecule has 0 amide bonds. The largest absolute Gasteiger partial charge is 0.0845 e. The predicted octanol–water partition coefficient (Wildman–Crippen LogP) is 6.23. The quantitative estimate of drug-likeness (QED) is 0.278. The van der Waals surface area contributed by atoms with Gasteiger partial charge in [0, 0.05) is 0 Å². The smallest absolute Gasteiger partial charge is 0.0279 e. The molecule has 0 aromatic rings. The first-order chi connectivity index (χ1) is 8.41. The van der Waals surface area contributed by atoms with E-state index in [9.17, 15) is 0 Å². The van der Waals surface area contributed by atoms with Crippen molar-refractivity contribution in [2.45, 2.75) is 84.5 Å². The summed E-state index contributed by atoms with van der Waals surface area (Å²) in [6, 6.07) is 0. The van der Waals surface area contributed by atoms with Crippen molar-refractivity contribution in [3.63, 3.8) is 0 Å². The first-order valence-electron chi connectivity index (χ1n) is 7.63. The average Bonchev–Trinajstić information content (AvgIpc) is 2.35. The summed E-state index contributed by atoms with van der Waals surface area (Å²) in [6.07, 6.45) is 24.5. The van der Waals surface area contributed by atoms with E-state index in [4.69, 9.17) is 0 Å². The molecule has 0 saturated heterocycles. The lowest BCUT2D eigenvalue weighted by atomic mass is 10.1.